The van der Waals surface area contributed by atoms with Gasteiger partial charge in [-0.15, -0.1) is 11.3 Å². The zero-order chi connectivity index (χ0) is 7.84. The average molecular weight is 166 g/mol. The summed E-state index contributed by atoms with van der Waals surface area (Å²) in [5.41, 5.74) is 12.4. The SMILES string of the molecule is Nc1ncc2scc(N)c2n1. The summed E-state index contributed by atoms with van der Waals surface area (Å²) in [6.07, 6.45) is 1.68. The predicted octanol–water partition coefficient (Wildman–Crippen LogP) is 0.856. The maximum Gasteiger partial charge on any atom is 0.220 e. The van der Waals surface area contributed by atoms with Crippen LogP contribution in [0.2, 0.25) is 0 Å². The van der Waals surface area contributed by atoms with E-state index < -0.39 is 0 Å². The monoisotopic (exact) mass is 166 g/mol. The van der Waals surface area contributed by atoms with Gasteiger partial charge >= 0.3 is 0 Å². The molecule has 0 saturated carbocycles. The number of thiophene rings is 1. The fraction of sp³-hybridized carbons (Fsp3) is 0. The third-order valence-electron chi connectivity index (χ3n) is 1.36. The van der Waals surface area contributed by atoms with Crippen LogP contribution in [0, 0.1) is 0 Å². The van der Waals surface area contributed by atoms with Crippen LogP contribution < -0.4 is 11.5 Å². The summed E-state index contributed by atoms with van der Waals surface area (Å²) in [4.78, 5) is 7.83. The molecule has 0 amide bonds. The van der Waals surface area contributed by atoms with Crippen molar-refractivity contribution in [3.05, 3.63) is 11.6 Å². The van der Waals surface area contributed by atoms with Crippen LogP contribution in [0.1, 0.15) is 0 Å². The zero-order valence-corrected chi connectivity index (χ0v) is 6.43. The molecular weight excluding hydrogens is 160 g/mol. The second-order valence-electron chi connectivity index (χ2n) is 2.13. The quantitative estimate of drug-likeness (QED) is 0.608. The fourth-order valence-corrected chi connectivity index (χ4v) is 1.61. The summed E-state index contributed by atoms with van der Waals surface area (Å²) < 4.78 is 0.969. The molecule has 56 valence electrons. The van der Waals surface area contributed by atoms with Gasteiger partial charge < -0.3 is 11.5 Å². The minimum Gasteiger partial charge on any atom is -0.396 e. The number of nitrogens with zero attached hydrogens (tertiary/aromatic N) is 2. The summed E-state index contributed by atoms with van der Waals surface area (Å²) in [5.74, 6) is 0.266. The Kier molecular flexibility index (Phi) is 1.19. The predicted molar refractivity (Wildman–Crippen MR) is 46.2 cm³/mol. The summed E-state index contributed by atoms with van der Waals surface area (Å²) in [6.45, 7) is 0. The molecule has 2 rings (SSSR count). The van der Waals surface area contributed by atoms with Crippen molar-refractivity contribution >= 4 is 33.2 Å². The van der Waals surface area contributed by atoms with Gasteiger partial charge in [0.2, 0.25) is 5.95 Å². The van der Waals surface area contributed by atoms with E-state index in [4.69, 9.17) is 11.5 Å². The number of nitrogens with two attached hydrogens (primary N) is 2. The van der Waals surface area contributed by atoms with Gasteiger partial charge in [0.05, 0.1) is 16.6 Å². The van der Waals surface area contributed by atoms with E-state index in [9.17, 15) is 0 Å². The summed E-state index contributed by atoms with van der Waals surface area (Å²) >= 11 is 1.52. The third kappa shape index (κ3) is 0.894. The molecule has 2 heterocycles. The van der Waals surface area contributed by atoms with Crippen molar-refractivity contribution in [2.24, 2.45) is 0 Å². The lowest BCUT2D eigenvalue weighted by atomic mass is 10.4. The second-order valence-corrected chi connectivity index (χ2v) is 3.04. The van der Waals surface area contributed by atoms with Crippen LogP contribution >= 0.6 is 11.3 Å². The van der Waals surface area contributed by atoms with Crippen LogP contribution in [-0.2, 0) is 0 Å². The lowest BCUT2D eigenvalue weighted by molar-refractivity contribution is 1.25. The van der Waals surface area contributed by atoms with Gasteiger partial charge in [-0.1, -0.05) is 0 Å². The van der Waals surface area contributed by atoms with Crippen LogP contribution in [0.15, 0.2) is 11.6 Å². The molecule has 2 aromatic heterocycles. The van der Waals surface area contributed by atoms with Crippen LogP contribution in [0.5, 0.6) is 0 Å². The highest BCUT2D eigenvalue weighted by atomic mass is 32.1. The lowest BCUT2D eigenvalue weighted by Crippen LogP contribution is -1.93. The van der Waals surface area contributed by atoms with E-state index in [1.54, 1.807) is 6.20 Å². The standard InChI is InChI=1S/C6H6N4S/c7-3-2-11-4-1-9-6(8)10-5(3)4/h1-2H,7H2,(H2,8,9,10). The van der Waals surface area contributed by atoms with Crippen LogP contribution in [0.3, 0.4) is 0 Å². The molecule has 0 aliphatic rings. The molecule has 5 heteroatoms. The summed E-state index contributed by atoms with van der Waals surface area (Å²) in [6, 6.07) is 0. The molecule has 2 aromatic rings. The topological polar surface area (TPSA) is 77.8 Å². The molecule has 4 nitrogen and oxygen atoms in total. The number of fused-ring (bicyclic) bond motifs is 1. The number of hydrogen-bond acceptors (Lipinski definition) is 5. The van der Waals surface area contributed by atoms with E-state index in [-0.39, 0.29) is 5.95 Å². The third-order valence-corrected chi connectivity index (χ3v) is 2.28. The van der Waals surface area contributed by atoms with Crippen molar-refractivity contribution in [3.8, 4) is 0 Å². The smallest absolute Gasteiger partial charge is 0.220 e. The Bertz CT molecular complexity index is 394. The van der Waals surface area contributed by atoms with Crippen molar-refractivity contribution < 1.29 is 0 Å². The second kappa shape index (κ2) is 2.06. The van der Waals surface area contributed by atoms with Crippen molar-refractivity contribution in [2.75, 3.05) is 11.5 Å². The maximum absolute atomic E-state index is 5.61. The summed E-state index contributed by atoms with van der Waals surface area (Å²) in [7, 11) is 0. The Morgan fingerprint density at radius 3 is 3.00 bits per heavy atom. The minimum atomic E-state index is 0.266. The van der Waals surface area contributed by atoms with Crippen LogP contribution in [0.4, 0.5) is 11.6 Å². The maximum atomic E-state index is 5.61. The first-order valence-electron chi connectivity index (χ1n) is 3.02. The van der Waals surface area contributed by atoms with Gasteiger partial charge in [0.15, 0.2) is 0 Å². The van der Waals surface area contributed by atoms with Crippen molar-refractivity contribution in [1.29, 1.82) is 0 Å². The average Bonchev–Trinajstić information content (AvgIpc) is 2.33. The lowest BCUT2D eigenvalue weighted by Gasteiger charge is -1.91. The van der Waals surface area contributed by atoms with Gasteiger partial charge in [-0.3, -0.25) is 0 Å². The van der Waals surface area contributed by atoms with E-state index in [0.717, 1.165) is 10.2 Å². The molecule has 0 aliphatic heterocycles. The highest BCUT2D eigenvalue weighted by Gasteiger charge is 2.01. The molecule has 0 spiro atoms. The van der Waals surface area contributed by atoms with Crippen LogP contribution in [0.25, 0.3) is 10.2 Å². The largest absolute Gasteiger partial charge is 0.396 e. The first-order valence-corrected chi connectivity index (χ1v) is 3.90. The number of nitrogen functional groups attached to an aromatic ring is 2. The van der Waals surface area contributed by atoms with Crippen LogP contribution in [-0.4, -0.2) is 9.97 Å². The van der Waals surface area contributed by atoms with Gasteiger partial charge in [-0.25, -0.2) is 9.97 Å². The van der Waals surface area contributed by atoms with E-state index in [1.807, 2.05) is 5.38 Å². The zero-order valence-electron chi connectivity index (χ0n) is 5.61. The highest BCUT2D eigenvalue weighted by Crippen LogP contribution is 2.25. The molecular formula is C6H6N4S. The molecule has 0 fully saturated rings. The highest BCUT2D eigenvalue weighted by molar-refractivity contribution is 7.17. The van der Waals surface area contributed by atoms with Crippen molar-refractivity contribution in [3.63, 3.8) is 0 Å². The van der Waals surface area contributed by atoms with E-state index >= 15 is 0 Å². The first-order chi connectivity index (χ1) is 5.27. The number of rotatable bonds is 0. The Morgan fingerprint density at radius 1 is 1.36 bits per heavy atom. The van der Waals surface area contributed by atoms with E-state index in [2.05, 4.69) is 9.97 Å². The molecule has 11 heavy (non-hydrogen) atoms. The molecule has 0 unspecified atom stereocenters. The van der Waals surface area contributed by atoms with Crippen molar-refractivity contribution in [1.82, 2.24) is 9.97 Å². The van der Waals surface area contributed by atoms with Crippen molar-refractivity contribution in [2.45, 2.75) is 0 Å². The van der Waals surface area contributed by atoms with Gasteiger partial charge in [0.25, 0.3) is 0 Å². The molecule has 0 radical (unpaired) electrons. The van der Waals surface area contributed by atoms with E-state index in [1.165, 1.54) is 11.3 Å². The Labute approximate surface area is 66.9 Å². The molecule has 0 aliphatic carbocycles. The molecule has 0 aromatic carbocycles. The molecule has 0 atom stereocenters. The minimum absolute atomic E-state index is 0.266. The Morgan fingerprint density at radius 2 is 2.18 bits per heavy atom. The first kappa shape index (κ1) is 6.36. The van der Waals surface area contributed by atoms with E-state index in [0.29, 0.717) is 5.69 Å². The van der Waals surface area contributed by atoms with Gasteiger partial charge in [0.1, 0.15) is 5.52 Å². The summed E-state index contributed by atoms with van der Waals surface area (Å²) in [5, 5.41) is 1.83. The fourth-order valence-electron chi connectivity index (χ4n) is 0.860. The number of hydrogen-bond donors (Lipinski definition) is 2. The number of aromatic nitrogens is 2. The van der Waals surface area contributed by atoms with Gasteiger partial charge in [0, 0.05) is 5.38 Å². The molecule has 0 bridgehead atoms. The Hall–Kier alpha value is -1.36. The normalized spacial score (nSPS) is 10.5. The molecule has 0 saturated heterocycles. The Balaban J connectivity index is 2.87. The number of anilines is 2. The van der Waals surface area contributed by atoms with Gasteiger partial charge in [-0.2, -0.15) is 0 Å². The molecule has 4 N–H and O–H groups in total. The van der Waals surface area contributed by atoms with Gasteiger partial charge in [-0.05, 0) is 0 Å².